The second-order valence-corrected chi connectivity index (χ2v) is 6.05. The van der Waals surface area contributed by atoms with Crippen molar-refractivity contribution in [2.75, 3.05) is 13.1 Å². The van der Waals surface area contributed by atoms with Crippen LogP contribution < -0.4 is 5.69 Å². The van der Waals surface area contributed by atoms with E-state index in [1.807, 2.05) is 35.2 Å². The molecule has 1 saturated heterocycles. The Balaban J connectivity index is 1.85. The van der Waals surface area contributed by atoms with Gasteiger partial charge in [-0.1, -0.05) is 37.3 Å². The van der Waals surface area contributed by atoms with E-state index in [0.717, 1.165) is 31.5 Å². The van der Waals surface area contributed by atoms with Crippen LogP contribution in [0.4, 0.5) is 0 Å². The van der Waals surface area contributed by atoms with Gasteiger partial charge in [0, 0.05) is 19.3 Å². The lowest BCUT2D eigenvalue weighted by Crippen LogP contribution is -2.40. The van der Waals surface area contributed by atoms with E-state index in [4.69, 9.17) is 0 Å². The molecule has 0 aliphatic carbocycles. The standard InChI is InChI=1S/C17H21N3O2/c1-13-6-5-9-19(11-13)16(21)15-10-18-17(22)20(15)12-14-7-3-2-4-8-14/h2-4,7-8,10,13H,5-6,9,11-12H2,1H3,(H,18,22). The van der Waals surface area contributed by atoms with Crippen LogP contribution in [-0.2, 0) is 6.54 Å². The predicted octanol–water partition coefficient (Wildman–Crippen LogP) is 2.10. The highest BCUT2D eigenvalue weighted by atomic mass is 16.2. The Morgan fingerprint density at radius 3 is 2.82 bits per heavy atom. The van der Waals surface area contributed by atoms with Crippen LogP contribution in [0, 0.1) is 5.92 Å². The molecule has 1 unspecified atom stereocenters. The van der Waals surface area contributed by atoms with Gasteiger partial charge < -0.3 is 9.88 Å². The molecule has 5 nitrogen and oxygen atoms in total. The monoisotopic (exact) mass is 299 g/mol. The number of hydrogen-bond acceptors (Lipinski definition) is 2. The van der Waals surface area contributed by atoms with Crippen molar-refractivity contribution in [1.82, 2.24) is 14.5 Å². The number of amides is 1. The third kappa shape index (κ3) is 2.98. The number of carbonyl (C=O) groups excluding carboxylic acids is 1. The molecule has 1 aliphatic heterocycles. The first-order valence-corrected chi connectivity index (χ1v) is 7.76. The van der Waals surface area contributed by atoms with Crippen LogP contribution in [0.3, 0.4) is 0 Å². The van der Waals surface area contributed by atoms with Crippen LogP contribution in [0.25, 0.3) is 0 Å². The van der Waals surface area contributed by atoms with E-state index in [1.165, 1.54) is 10.8 Å². The van der Waals surface area contributed by atoms with Crippen molar-refractivity contribution in [2.45, 2.75) is 26.3 Å². The number of likely N-dealkylation sites (tertiary alicyclic amines) is 1. The molecule has 5 heteroatoms. The molecule has 2 aromatic rings. The van der Waals surface area contributed by atoms with Gasteiger partial charge in [0.2, 0.25) is 0 Å². The Kier molecular flexibility index (Phi) is 4.13. The van der Waals surface area contributed by atoms with E-state index in [2.05, 4.69) is 11.9 Å². The summed E-state index contributed by atoms with van der Waals surface area (Å²) < 4.78 is 1.52. The molecule has 1 N–H and O–H groups in total. The first-order valence-electron chi connectivity index (χ1n) is 7.76. The van der Waals surface area contributed by atoms with Crippen molar-refractivity contribution in [2.24, 2.45) is 5.92 Å². The second-order valence-electron chi connectivity index (χ2n) is 6.05. The zero-order chi connectivity index (χ0) is 15.5. The van der Waals surface area contributed by atoms with Gasteiger partial charge in [-0.25, -0.2) is 4.79 Å². The molecule has 3 rings (SSSR count). The topological polar surface area (TPSA) is 58.1 Å². The van der Waals surface area contributed by atoms with Crippen molar-refractivity contribution in [3.05, 3.63) is 58.3 Å². The number of imidazole rings is 1. The molecule has 22 heavy (non-hydrogen) atoms. The average Bonchev–Trinajstić information content (AvgIpc) is 2.89. The van der Waals surface area contributed by atoms with Crippen molar-refractivity contribution in [3.63, 3.8) is 0 Å². The number of aromatic amines is 1. The molecule has 0 bridgehead atoms. The van der Waals surface area contributed by atoms with Crippen molar-refractivity contribution in [1.29, 1.82) is 0 Å². The third-order valence-corrected chi connectivity index (χ3v) is 4.22. The fourth-order valence-corrected chi connectivity index (χ4v) is 3.03. The van der Waals surface area contributed by atoms with E-state index in [9.17, 15) is 9.59 Å². The van der Waals surface area contributed by atoms with Crippen molar-refractivity contribution in [3.8, 4) is 0 Å². The Morgan fingerprint density at radius 2 is 2.09 bits per heavy atom. The zero-order valence-electron chi connectivity index (χ0n) is 12.8. The van der Waals surface area contributed by atoms with Crippen LogP contribution in [0.2, 0.25) is 0 Å². The van der Waals surface area contributed by atoms with Gasteiger partial charge in [-0.15, -0.1) is 0 Å². The minimum absolute atomic E-state index is 0.0548. The average molecular weight is 299 g/mol. The summed E-state index contributed by atoms with van der Waals surface area (Å²) in [6.45, 7) is 4.11. The Hall–Kier alpha value is -2.30. The number of hydrogen-bond donors (Lipinski definition) is 1. The molecule has 116 valence electrons. The number of carbonyl (C=O) groups is 1. The van der Waals surface area contributed by atoms with E-state index < -0.39 is 0 Å². The molecular weight excluding hydrogens is 278 g/mol. The fraction of sp³-hybridized carbons (Fsp3) is 0.412. The summed E-state index contributed by atoms with van der Waals surface area (Å²) in [5.74, 6) is 0.465. The quantitative estimate of drug-likeness (QED) is 0.943. The Morgan fingerprint density at radius 1 is 1.32 bits per heavy atom. The number of nitrogens with zero attached hydrogens (tertiary/aromatic N) is 2. The van der Waals surface area contributed by atoms with Gasteiger partial charge in [-0.3, -0.25) is 9.36 Å². The van der Waals surface area contributed by atoms with Crippen molar-refractivity contribution < 1.29 is 4.79 Å². The molecular formula is C17H21N3O2. The van der Waals surface area contributed by atoms with Crippen LogP contribution in [0.5, 0.6) is 0 Å². The summed E-state index contributed by atoms with van der Waals surface area (Å²) in [4.78, 5) is 29.3. The van der Waals surface area contributed by atoms with Crippen molar-refractivity contribution >= 4 is 5.91 Å². The maximum atomic E-state index is 12.7. The van der Waals surface area contributed by atoms with E-state index in [0.29, 0.717) is 18.2 Å². The first kappa shape index (κ1) is 14.6. The molecule has 1 fully saturated rings. The minimum Gasteiger partial charge on any atom is -0.337 e. The maximum Gasteiger partial charge on any atom is 0.326 e. The minimum atomic E-state index is -0.239. The zero-order valence-corrected chi connectivity index (χ0v) is 12.8. The van der Waals surface area contributed by atoms with Gasteiger partial charge in [-0.2, -0.15) is 0 Å². The summed E-state index contributed by atoms with van der Waals surface area (Å²) in [6, 6.07) is 9.71. The van der Waals surface area contributed by atoms with Crippen LogP contribution >= 0.6 is 0 Å². The number of benzene rings is 1. The lowest BCUT2D eigenvalue weighted by molar-refractivity contribution is 0.0672. The third-order valence-electron chi connectivity index (χ3n) is 4.22. The molecule has 1 aromatic carbocycles. The van der Waals surface area contributed by atoms with Gasteiger partial charge in [0.1, 0.15) is 5.69 Å². The molecule has 2 heterocycles. The maximum absolute atomic E-state index is 12.7. The van der Waals surface area contributed by atoms with Crippen LogP contribution in [-0.4, -0.2) is 33.4 Å². The van der Waals surface area contributed by atoms with Gasteiger partial charge in [0.15, 0.2) is 0 Å². The van der Waals surface area contributed by atoms with Crippen LogP contribution in [0.1, 0.15) is 35.8 Å². The molecule has 1 aliphatic rings. The summed E-state index contributed by atoms with van der Waals surface area (Å²) in [5, 5.41) is 0. The van der Waals surface area contributed by atoms with Crippen LogP contribution in [0.15, 0.2) is 41.3 Å². The van der Waals surface area contributed by atoms with Gasteiger partial charge in [0.05, 0.1) is 6.54 Å². The van der Waals surface area contributed by atoms with Gasteiger partial charge >= 0.3 is 5.69 Å². The molecule has 1 aromatic heterocycles. The first-order chi connectivity index (χ1) is 10.6. The summed E-state index contributed by atoms with van der Waals surface area (Å²) in [5.41, 5.74) is 1.21. The predicted molar refractivity (Wildman–Crippen MR) is 84.9 cm³/mol. The smallest absolute Gasteiger partial charge is 0.326 e. The molecule has 0 saturated carbocycles. The van der Waals surface area contributed by atoms with Gasteiger partial charge in [-0.05, 0) is 24.3 Å². The number of piperidine rings is 1. The number of rotatable bonds is 3. The number of nitrogens with one attached hydrogen (secondary N) is 1. The summed E-state index contributed by atoms with van der Waals surface area (Å²) >= 11 is 0. The lowest BCUT2D eigenvalue weighted by Gasteiger charge is -2.30. The van der Waals surface area contributed by atoms with E-state index >= 15 is 0 Å². The summed E-state index contributed by atoms with van der Waals surface area (Å²) in [7, 11) is 0. The highest BCUT2D eigenvalue weighted by Crippen LogP contribution is 2.17. The molecule has 0 radical (unpaired) electrons. The largest absolute Gasteiger partial charge is 0.337 e. The highest BCUT2D eigenvalue weighted by molar-refractivity contribution is 5.92. The lowest BCUT2D eigenvalue weighted by atomic mass is 10.00. The number of aromatic nitrogens is 2. The SMILES string of the molecule is CC1CCCN(C(=O)c2c[nH]c(=O)n2Cc2ccccc2)C1. The summed E-state index contributed by atoms with van der Waals surface area (Å²) in [6.07, 6.45) is 3.72. The molecule has 1 amide bonds. The highest BCUT2D eigenvalue weighted by Gasteiger charge is 2.25. The number of H-pyrrole nitrogens is 1. The molecule has 0 spiro atoms. The molecule has 1 atom stereocenters. The van der Waals surface area contributed by atoms with E-state index in [-0.39, 0.29) is 11.6 Å². The Labute approximate surface area is 129 Å². The second kappa shape index (κ2) is 6.22. The fourth-order valence-electron chi connectivity index (χ4n) is 3.03. The normalized spacial score (nSPS) is 18.4. The van der Waals surface area contributed by atoms with Gasteiger partial charge in [0.25, 0.3) is 5.91 Å². The van der Waals surface area contributed by atoms with E-state index in [1.54, 1.807) is 0 Å². The Bertz CT molecular complexity index is 702.